The van der Waals surface area contributed by atoms with E-state index in [0.717, 1.165) is 0 Å². The lowest BCUT2D eigenvalue weighted by Gasteiger charge is -2.03. The standard InChI is InChI=1S/C9H5BrFNOS/c10-7-5-6(11)1-2-8(7)13-9-12-3-4-14-9/h1-5H. The van der Waals surface area contributed by atoms with Gasteiger partial charge in [0.2, 0.25) is 0 Å². The zero-order valence-electron chi connectivity index (χ0n) is 6.91. The van der Waals surface area contributed by atoms with Gasteiger partial charge in [-0.15, -0.1) is 0 Å². The van der Waals surface area contributed by atoms with Crippen molar-refractivity contribution in [1.29, 1.82) is 0 Å². The van der Waals surface area contributed by atoms with Crippen LogP contribution in [0.2, 0.25) is 0 Å². The Balaban J connectivity index is 2.25. The second-order valence-corrected chi connectivity index (χ2v) is 4.19. The third-order valence-corrected chi connectivity index (χ3v) is 2.77. The fourth-order valence-electron chi connectivity index (χ4n) is 0.913. The Morgan fingerprint density at radius 3 is 2.93 bits per heavy atom. The van der Waals surface area contributed by atoms with Crippen LogP contribution in [0.1, 0.15) is 0 Å². The summed E-state index contributed by atoms with van der Waals surface area (Å²) in [6.07, 6.45) is 1.65. The molecule has 0 spiro atoms. The van der Waals surface area contributed by atoms with Crippen molar-refractivity contribution >= 4 is 27.3 Å². The molecule has 0 unspecified atom stereocenters. The van der Waals surface area contributed by atoms with E-state index in [-0.39, 0.29) is 5.82 Å². The van der Waals surface area contributed by atoms with Crippen LogP contribution in [0.25, 0.3) is 0 Å². The molecule has 72 valence electrons. The Kier molecular flexibility index (Phi) is 2.79. The molecular formula is C9H5BrFNOS. The predicted molar refractivity (Wildman–Crippen MR) is 56.3 cm³/mol. The topological polar surface area (TPSA) is 22.1 Å². The van der Waals surface area contributed by atoms with E-state index in [9.17, 15) is 4.39 Å². The highest BCUT2D eigenvalue weighted by molar-refractivity contribution is 9.10. The van der Waals surface area contributed by atoms with Crippen LogP contribution in [0, 0.1) is 5.82 Å². The van der Waals surface area contributed by atoms with Gasteiger partial charge in [0.1, 0.15) is 11.6 Å². The number of hydrogen-bond acceptors (Lipinski definition) is 3. The van der Waals surface area contributed by atoms with E-state index in [1.165, 1.54) is 23.5 Å². The first-order chi connectivity index (χ1) is 6.75. The van der Waals surface area contributed by atoms with Gasteiger partial charge < -0.3 is 4.74 Å². The normalized spacial score (nSPS) is 10.1. The van der Waals surface area contributed by atoms with Crippen molar-refractivity contribution in [2.24, 2.45) is 0 Å². The van der Waals surface area contributed by atoms with Gasteiger partial charge in [0.05, 0.1) is 4.47 Å². The van der Waals surface area contributed by atoms with Gasteiger partial charge in [-0.2, -0.15) is 0 Å². The lowest BCUT2D eigenvalue weighted by atomic mass is 10.3. The predicted octanol–water partition coefficient (Wildman–Crippen LogP) is 3.84. The highest BCUT2D eigenvalue weighted by Crippen LogP contribution is 2.30. The molecular weight excluding hydrogens is 269 g/mol. The summed E-state index contributed by atoms with van der Waals surface area (Å²) in [6.45, 7) is 0. The second kappa shape index (κ2) is 4.06. The number of thiazole rings is 1. The summed E-state index contributed by atoms with van der Waals surface area (Å²) in [5.41, 5.74) is 0. The summed E-state index contributed by atoms with van der Waals surface area (Å²) in [4.78, 5) is 3.96. The Hall–Kier alpha value is -0.940. The quantitative estimate of drug-likeness (QED) is 0.830. The molecule has 0 radical (unpaired) electrons. The molecule has 1 aromatic heterocycles. The maximum atomic E-state index is 12.7. The number of benzene rings is 1. The van der Waals surface area contributed by atoms with Gasteiger partial charge in [-0.25, -0.2) is 9.37 Å². The number of aromatic nitrogens is 1. The van der Waals surface area contributed by atoms with Crippen molar-refractivity contribution < 1.29 is 9.13 Å². The smallest absolute Gasteiger partial charge is 0.278 e. The average Bonchev–Trinajstić information content (AvgIpc) is 2.62. The van der Waals surface area contributed by atoms with Crippen molar-refractivity contribution in [2.75, 3.05) is 0 Å². The molecule has 0 fully saturated rings. The number of nitrogens with zero attached hydrogens (tertiary/aromatic N) is 1. The van der Waals surface area contributed by atoms with Crippen molar-refractivity contribution in [3.05, 3.63) is 40.1 Å². The maximum absolute atomic E-state index is 12.7. The first-order valence-electron chi connectivity index (χ1n) is 3.78. The summed E-state index contributed by atoms with van der Waals surface area (Å²) in [7, 11) is 0. The van der Waals surface area contributed by atoms with Crippen LogP contribution in [-0.2, 0) is 0 Å². The van der Waals surface area contributed by atoms with E-state index < -0.39 is 0 Å². The van der Waals surface area contributed by atoms with Crippen molar-refractivity contribution in [1.82, 2.24) is 4.98 Å². The molecule has 0 N–H and O–H groups in total. The van der Waals surface area contributed by atoms with E-state index >= 15 is 0 Å². The average molecular weight is 274 g/mol. The Bertz CT molecular complexity index is 432. The minimum atomic E-state index is -0.302. The van der Waals surface area contributed by atoms with Crippen molar-refractivity contribution in [3.63, 3.8) is 0 Å². The van der Waals surface area contributed by atoms with Crippen LogP contribution >= 0.6 is 27.3 Å². The molecule has 1 aromatic carbocycles. The van der Waals surface area contributed by atoms with Crippen LogP contribution in [0.15, 0.2) is 34.2 Å². The lowest BCUT2D eigenvalue weighted by Crippen LogP contribution is -1.85. The fraction of sp³-hybridized carbons (Fsp3) is 0. The van der Waals surface area contributed by atoms with Gasteiger partial charge >= 0.3 is 0 Å². The fourth-order valence-corrected chi connectivity index (χ4v) is 1.84. The number of rotatable bonds is 2. The Labute approximate surface area is 92.5 Å². The van der Waals surface area contributed by atoms with Crippen LogP contribution in [0.4, 0.5) is 4.39 Å². The monoisotopic (exact) mass is 273 g/mol. The molecule has 0 bridgehead atoms. The molecule has 0 saturated carbocycles. The maximum Gasteiger partial charge on any atom is 0.278 e. The van der Waals surface area contributed by atoms with E-state index in [1.54, 1.807) is 12.3 Å². The number of hydrogen-bond donors (Lipinski definition) is 0. The molecule has 1 heterocycles. The molecule has 2 aromatic rings. The van der Waals surface area contributed by atoms with Crippen LogP contribution in [0.5, 0.6) is 10.9 Å². The molecule has 0 aliphatic rings. The molecule has 2 rings (SSSR count). The van der Waals surface area contributed by atoms with Gasteiger partial charge in [0, 0.05) is 11.6 Å². The molecule has 0 aliphatic carbocycles. The van der Waals surface area contributed by atoms with Gasteiger partial charge in [-0.1, -0.05) is 11.3 Å². The van der Waals surface area contributed by atoms with Crippen LogP contribution in [0.3, 0.4) is 0 Å². The summed E-state index contributed by atoms with van der Waals surface area (Å²) < 4.78 is 18.7. The SMILES string of the molecule is Fc1ccc(Oc2nccs2)c(Br)c1. The highest BCUT2D eigenvalue weighted by atomic mass is 79.9. The van der Waals surface area contributed by atoms with Crippen LogP contribution < -0.4 is 4.74 Å². The third-order valence-electron chi connectivity index (χ3n) is 1.50. The first kappa shape index (κ1) is 9.61. The number of halogens is 2. The summed E-state index contributed by atoms with van der Waals surface area (Å²) in [6, 6.07) is 4.25. The highest BCUT2D eigenvalue weighted by Gasteiger charge is 2.04. The minimum Gasteiger partial charge on any atom is -0.430 e. The molecule has 0 amide bonds. The molecule has 2 nitrogen and oxygen atoms in total. The van der Waals surface area contributed by atoms with Gasteiger partial charge in [-0.3, -0.25) is 0 Å². The molecule has 5 heteroatoms. The zero-order chi connectivity index (χ0) is 9.97. The van der Waals surface area contributed by atoms with Crippen molar-refractivity contribution in [3.8, 4) is 10.9 Å². The zero-order valence-corrected chi connectivity index (χ0v) is 9.31. The van der Waals surface area contributed by atoms with E-state index in [0.29, 0.717) is 15.4 Å². The van der Waals surface area contributed by atoms with Crippen molar-refractivity contribution in [2.45, 2.75) is 0 Å². The second-order valence-electron chi connectivity index (χ2n) is 2.47. The summed E-state index contributed by atoms with van der Waals surface area (Å²) in [5, 5.41) is 2.35. The van der Waals surface area contributed by atoms with E-state index in [1.807, 2.05) is 5.38 Å². The van der Waals surface area contributed by atoms with Gasteiger partial charge in [-0.05, 0) is 34.1 Å². The van der Waals surface area contributed by atoms with E-state index in [4.69, 9.17) is 4.74 Å². The van der Waals surface area contributed by atoms with Crippen LogP contribution in [-0.4, -0.2) is 4.98 Å². The van der Waals surface area contributed by atoms with Gasteiger partial charge in [0.15, 0.2) is 0 Å². The Morgan fingerprint density at radius 2 is 2.29 bits per heavy atom. The van der Waals surface area contributed by atoms with Gasteiger partial charge in [0.25, 0.3) is 5.19 Å². The van der Waals surface area contributed by atoms with E-state index in [2.05, 4.69) is 20.9 Å². The number of ether oxygens (including phenoxy) is 1. The first-order valence-corrected chi connectivity index (χ1v) is 5.45. The molecule has 0 aliphatic heterocycles. The lowest BCUT2D eigenvalue weighted by molar-refractivity contribution is 0.473. The minimum absolute atomic E-state index is 0.302. The largest absolute Gasteiger partial charge is 0.430 e. The molecule has 14 heavy (non-hydrogen) atoms. The third kappa shape index (κ3) is 2.10. The summed E-state index contributed by atoms with van der Waals surface area (Å²) >= 11 is 4.59. The molecule has 0 atom stereocenters. The Morgan fingerprint density at radius 1 is 1.43 bits per heavy atom. The summed E-state index contributed by atoms with van der Waals surface area (Å²) in [5.74, 6) is 0.254. The molecule has 0 saturated heterocycles.